The first-order chi connectivity index (χ1) is 8.72. The minimum absolute atomic E-state index is 0.275. The van der Waals surface area contributed by atoms with E-state index in [0.29, 0.717) is 6.04 Å². The second kappa shape index (κ2) is 6.01. The van der Waals surface area contributed by atoms with Crippen molar-refractivity contribution in [1.82, 2.24) is 5.32 Å². The van der Waals surface area contributed by atoms with Crippen LogP contribution >= 0.6 is 0 Å². The molecule has 1 unspecified atom stereocenters. The summed E-state index contributed by atoms with van der Waals surface area (Å²) in [6.45, 7) is 2.10. The van der Waals surface area contributed by atoms with Gasteiger partial charge in [-0.2, -0.15) is 0 Å². The fourth-order valence-electron chi connectivity index (χ4n) is 2.79. The maximum Gasteiger partial charge on any atom is 0.239 e. The summed E-state index contributed by atoms with van der Waals surface area (Å²) >= 11 is 0. The Bertz CT molecular complexity index is 411. The number of carbonyl (C=O) groups is 1. The zero-order chi connectivity index (χ0) is 13.0. The lowest BCUT2D eigenvalue weighted by Gasteiger charge is -2.22. The molecule has 1 aliphatic carbocycles. The summed E-state index contributed by atoms with van der Waals surface area (Å²) in [5.41, 5.74) is 7.81. The molecule has 0 spiro atoms. The molecule has 18 heavy (non-hydrogen) atoms. The quantitative estimate of drug-likeness (QED) is 0.837. The van der Waals surface area contributed by atoms with Gasteiger partial charge < -0.3 is 5.73 Å². The summed E-state index contributed by atoms with van der Waals surface area (Å²) in [6.07, 6.45) is 5.72. The third kappa shape index (κ3) is 2.91. The number of carbonyl (C=O) groups excluding carboxylic acids is 1. The molecule has 1 saturated carbocycles. The maximum absolute atomic E-state index is 11.7. The fraction of sp³-hybridized carbons (Fsp3) is 0.533. The molecule has 2 rings (SSSR count). The van der Waals surface area contributed by atoms with Crippen LogP contribution in [0.2, 0.25) is 0 Å². The van der Waals surface area contributed by atoms with Crippen LogP contribution < -0.4 is 11.1 Å². The van der Waals surface area contributed by atoms with Crippen LogP contribution in [0.5, 0.6) is 0 Å². The average Bonchev–Trinajstić information content (AvgIpc) is 2.88. The molecule has 0 heterocycles. The molecule has 3 heteroatoms. The molecule has 0 radical (unpaired) electrons. The van der Waals surface area contributed by atoms with Crippen molar-refractivity contribution in [1.29, 1.82) is 0 Å². The zero-order valence-electron chi connectivity index (χ0n) is 11.0. The predicted octanol–water partition coefficient (Wildman–Crippen LogP) is 2.31. The molecule has 0 bridgehead atoms. The minimum Gasteiger partial charge on any atom is -0.368 e. The lowest BCUT2D eigenvalue weighted by atomic mass is 9.97. The van der Waals surface area contributed by atoms with Gasteiger partial charge in [0.05, 0.1) is 0 Å². The molecule has 1 aromatic rings. The van der Waals surface area contributed by atoms with E-state index in [1.165, 1.54) is 18.4 Å². The van der Waals surface area contributed by atoms with Gasteiger partial charge in [0, 0.05) is 6.04 Å². The number of amides is 1. The van der Waals surface area contributed by atoms with E-state index >= 15 is 0 Å². The predicted molar refractivity (Wildman–Crippen MR) is 73.1 cm³/mol. The number of rotatable bonds is 5. The van der Waals surface area contributed by atoms with Crippen LogP contribution in [0.3, 0.4) is 0 Å². The second-order valence-electron chi connectivity index (χ2n) is 5.04. The molecular weight excluding hydrogens is 224 g/mol. The van der Waals surface area contributed by atoms with E-state index in [-0.39, 0.29) is 11.9 Å². The van der Waals surface area contributed by atoms with Crippen molar-refractivity contribution in [2.75, 3.05) is 0 Å². The normalized spacial score (nSPS) is 17.8. The molecule has 3 nitrogen and oxygen atoms in total. The molecule has 98 valence electrons. The molecule has 1 amide bonds. The largest absolute Gasteiger partial charge is 0.368 e. The Morgan fingerprint density at radius 2 is 2.06 bits per heavy atom. The molecule has 1 aliphatic rings. The Kier molecular flexibility index (Phi) is 4.37. The van der Waals surface area contributed by atoms with Gasteiger partial charge in [-0.25, -0.2) is 0 Å². The molecule has 0 aliphatic heterocycles. The third-order valence-electron chi connectivity index (χ3n) is 3.79. The Morgan fingerprint density at radius 1 is 1.39 bits per heavy atom. The summed E-state index contributed by atoms with van der Waals surface area (Å²) in [4.78, 5) is 11.7. The van der Waals surface area contributed by atoms with Crippen LogP contribution in [0, 0.1) is 0 Å². The monoisotopic (exact) mass is 246 g/mol. The summed E-state index contributed by atoms with van der Waals surface area (Å²) in [6, 6.07) is 8.16. The average molecular weight is 246 g/mol. The van der Waals surface area contributed by atoms with Gasteiger partial charge in [0.25, 0.3) is 0 Å². The van der Waals surface area contributed by atoms with Crippen LogP contribution in [0.1, 0.15) is 49.8 Å². The van der Waals surface area contributed by atoms with E-state index in [1.807, 2.05) is 18.2 Å². The molecule has 0 aromatic heterocycles. The smallest absolute Gasteiger partial charge is 0.239 e. The first-order valence-corrected chi connectivity index (χ1v) is 6.85. The zero-order valence-corrected chi connectivity index (χ0v) is 11.0. The highest BCUT2D eigenvalue weighted by atomic mass is 16.1. The number of nitrogens with two attached hydrogens (primary N) is 1. The van der Waals surface area contributed by atoms with E-state index in [4.69, 9.17) is 5.73 Å². The number of aryl methyl sites for hydroxylation is 1. The van der Waals surface area contributed by atoms with Crippen molar-refractivity contribution in [3.05, 3.63) is 35.4 Å². The number of primary amides is 1. The maximum atomic E-state index is 11.7. The van der Waals surface area contributed by atoms with E-state index in [1.54, 1.807) is 0 Å². The molecule has 1 atom stereocenters. The van der Waals surface area contributed by atoms with Gasteiger partial charge in [0.2, 0.25) is 5.91 Å². The summed E-state index contributed by atoms with van der Waals surface area (Å²) in [5.74, 6) is -0.275. The molecule has 0 saturated heterocycles. The van der Waals surface area contributed by atoms with Crippen molar-refractivity contribution in [3.63, 3.8) is 0 Å². The first-order valence-electron chi connectivity index (χ1n) is 6.85. The van der Waals surface area contributed by atoms with E-state index in [2.05, 4.69) is 18.3 Å². The van der Waals surface area contributed by atoms with Gasteiger partial charge in [-0.15, -0.1) is 0 Å². The van der Waals surface area contributed by atoms with Gasteiger partial charge in [-0.3, -0.25) is 10.1 Å². The number of benzene rings is 1. The summed E-state index contributed by atoms with van der Waals surface area (Å²) in [5, 5.41) is 3.43. The Hall–Kier alpha value is -1.35. The molecule has 1 fully saturated rings. The third-order valence-corrected chi connectivity index (χ3v) is 3.79. The SMILES string of the molecule is CCc1ccccc1C(NC1CCCC1)C(N)=O. The first kappa shape index (κ1) is 13.1. The number of hydrogen-bond donors (Lipinski definition) is 2. The van der Waals surface area contributed by atoms with Crippen molar-refractivity contribution >= 4 is 5.91 Å². The van der Waals surface area contributed by atoms with Gasteiger partial charge in [-0.1, -0.05) is 44.0 Å². The van der Waals surface area contributed by atoms with E-state index < -0.39 is 0 Å². The summed E-state index contributed by atoms with van der Waals surface area (Å²) < 4.78 is 0. The van der Waals surface area contributed by atoms with Crippen LogP contribution in [-0.4, -0.2) is 11.9 Å². The molecular formula is C15H22N2O. The van der Waals surface area contributed by atoms with E-state index in [0.717, 1.165) is 24.8 Å². The van der Waals surface area contributed by atoms with Crippen LogP contribution in [-0.2, 0) is 11.2 Å². The Morgan fingerprint density at radius 3 is 2.67 bits per heavy atom. The van der Waals surface area contributed by atoms with E-state index in [9.17, 15) is 4.79 Å². The van der Waals surface area contributed by atoms with Crippen molar-refractivity contribution in [2.45, 2.75) is 51.1 Å². The van der Waals surface area contributed by atoms with Crippen LogP contribution in [0.25, 0.3) is 0 Å². The fourth-order valence-corrected chi connectivity index (χ4v) is 2.79. The molecule has 3 N–H and O–H groups in total. The van der Waals surface area contributed by atoms with Gasteiger partial charge in [0.15, 0.2) is 0 Å². The van der Waals surface area contributed by atoms with Crippen molar-refractivity contribution in [2.24, 2.45) is 5.73 Å². The Labute approximate surface area is 109 Å². The summed E-state index contributed by atoms with van der Waals surface area (Å²) in [7, 11) is 0. The van der Waals surface area contributed by atoms with Gasteiger partial charge in [0.1, 0.15) is 6.04 Å². The topological polar surface area (TPSA) is 55.1 Å². The van der Waals surface area contributed by atoms with Gasteiger partial charge in [-0.05, 0) is 30.4 Å². The van der Waals surface area contributed by atoms with Crippen molar-refractivity contribution in [3.8, 4) is 0 Å². The standard InChI is InChI=1S/C15H22N2O/c1-2-11-7-3-6-10-13(11)14(15(16)18)17-12-8-4-5-9-12/h3,6-7,10,12,14,17H,2,4-5,8-9H2,1H3,(H2,16,18). The lowest BCUT2D eigenvalue weighted by molar-refractivity contribution is -0.120. The highest BCUT2D eigenvalue weighted by molar-refractivity contribution is 5.82. The van der Waals surface area contributed by atoms with Crippen molar-refractivity contribution < 1.29 is 4.79 Å². The van der Waals surface area contributed by atoms with Gasteiger partial charge >= 0.3 is 0 Å². The van der Waals surface area contributed by atoms with Crippen LogP contribution in [0.4, 0.5) is 0 Å². The molecule has 1 aromatic carbocycles. The lowest BCUT2D eigenvalue weighted by Crippen LogP contribution is -2.39. The number of hydrogen-bond acceptors (Lipinski definition) is 2. The highest BCUT2D eigenvalue weighted by Gasteiger charge is 2.25. The highest BCUT2D eigenvalue weighted by Crippen LogP contribution is 2.24. The Balaban J connectivity index is 2.20. The number of nitrogens with one attached hydrogen (secondary N) is 1. The second-order valence-corrected chi connectivity index (χ2v) is 5.04. The minimum atomic E-state index is -0.343. The van der Waals surface area contributed by atoms with Crippen LogP contribution in [0.15, 0.2) is 24.3 Å².